The van der Waals surface area contributed by atoms with Gasteiger partial charge in [0.25, 0.3) is 0 Å². The summed E-state index contributed by atoms with van der Waals surface area (Å²) in [4.78, 5) is 14.1. The molecule has 2 aliphatic heterocycles. The number of benzene rings is 2. The number of aliphatic hydroxyl groups is 2. The highest BCUT2D eigenvalue weighted by atomic mass is 35.5. The molecule has 0 unspecified atom stereocenters. The Morgan fingerprint density at radius 1 is 0.739 bits per heavy atom. The Balaban J connectivity index is 1.27. The number of ether oxygens (including phenoxy) is 2. The van der Waals surface area contributed by atoms with Crippen molar-refractivity contribution in [3.63, 3.8) is 0 Å². The molecule has 0 bridgehead atoms. The molecule has 2 aromatic heterocycles. The van der Waals surface area contributed by atoms with E-state index in [1.165, 1.54) is 0 Å². The normalized spacial score (nSPS) is 16.9. The molecule has 10 heteroatoms. The van der Waals surface area contributed by atoms with Gasteiger partial charge in [0.1, 0.15) is 5.75 Å². The van der Waals surface area contributed by atoms with Gasteiger partial charge in [0.15, 0.2) is 0 Å². The van der Waals surface area contributed by atoms with E-state index in [0.717, 1.165) is 97.5 Å². The summed E-state index contributed by atoms with van der Waals surface area (Å²) >= 11 is 14.2. The number of nitrogens with zero attached hydrogens (tertiary/aromatic N) is 4. The minimum atomic E-state index is -0.215. The van der Waals surface area contributed by atoms with Crippen LogP contribution in [-0.2, 0) is 13.1 Å². The molecule has 4 heterocycles. The van der Waals surface area contributed by atoms with Gasteiger partial charge in [0.05, 0.1) is 47.9 Å². The van der Waals surface area contributed by atoms with Crippen LogP contribution in [0.3, 0.4) is 0 Å². The Kier molecular flexibility index (Phi) is 10.4. The molecule has 0 amide bonds. The Hall–Kier alpha value is -3.24. The fourth-order valence-electron chi connectivity index (χ4n) is 6.37. The van der Waals surface area contributed by atoms with Crippen LogP contribution in [0.2, 0.25) is 10.0 Å². The second-order valence-corrected chi connectivity index (χ2v) is 12.9. The molecule has 6 rings (SSSR count). The third-order valence-electron chi connectivity index (χ3n) is 9.05. The first-order valence-electron chi connectivity index (χ1n) is 15.8. The molecule has 4 aromatic rings. The van der Waals surface area contributed by atoms with Crippen molar-refractivity contribution in [3.8, 4) is 45.3 Å². The van der Waals surface area contributed by atoms with Crippen molar-refractivity contribution in [2.24, 2.45) is 0 Å². The Morgan fingerprint density at radius 2 is 1.35 bits per heavy atom. The number of halogens is 2. The highest BCUT2D eigenvalue weighted by molar-refractivity contribution is 6.39. The van der Waals surface area contributed by atoms with Gasteiger partial charge in [-0.3, -0.25) is 14.8 Å². The molecule has 46 heavy (non-hydrogen) atoms. The van der Waals surface area contributed by atoms with E-state index in [1.807, 2.05) is 48.5 Å². The maximum absolute atomic E-state index is 9.87. The number of pyridine rings is 2. The van der Waals surface area contributed by atoms with Crippen molar-refractivity contribution < 1.29 is 19.7 Å². The summed E-state index contributed by atoms with van der Waals surface area (Å²) in [6.07, 6.45) is 4.45. The van der Waals surface area contributed by atoms with Crippen LogP contribution in [0.4, 0.5) is 0 Å². The molecule has 8 nitrogen and oxygen atoms in total. The SMILES string of the molecule is COc1cc(-c2nccc(-c3cccc(-c4ccc(CN5CCC(O)CC5)c(OC)n4)c3Cl)c2Cl)ccc1CN1CCC(O)CC1. The topological polar surface area (TPSA) is 91.2 Å². The number of aromatic nitrogens is 2. The monoisotopic (exact) mass is 662 g/mol. The van der Waals surface area contributed by atoms with Crippen LogP contribution in [0.15, 0.2) is 60.8 Å². The summed E-state index contributed by atoms with van der Waals surface area (Å²) in [7, 11) is 3.31. The van der Waals surface area contributed by atoms with Gasteiger partial charge in [-0.15, -0.1) is 0 Å². The highest BCUT2D eigenvalue weighted by Gasteiger charge is 2.22. The first-order valence-corrected chi connectivity index (χ1v) is 16.6. The molecule has 2 fully saturated rings. The molecule has 0 radical (unpaired) electrons. The molecule has 2 aromatic carbocycles. The number of rotatable bonds is 9. The third kappa shape index (κ3) is 7.18. The average molecular weight is 664 g/mol. The quantitative estimate of drug-likeness (QED) is 0.204. The van der Waals surface area contributed by atoms with Crippen LogP contribution in [0.1, 0.15) is 36.8 Å². The fraction of sp³-hybridized carbons (Fsp3) is 0.389. The molecular formula is C36H40Cl2N4O4. The Morgan fingerprint density at radius 3 is 2.00 bits per heavy atom. The highest BCUT2D eigenvalue weighted by Crippen LogP contribution is 2.42. The minimum Gasteiger partial charge on any atom is -0.496 e. The molecule has 2 aliphatic rings. The number of aliphatic hydroxyl groups excluding tert-OH is 2. The van der Waals surface area contributed by atoms with Crippen LogP contribution in [-0.4, -0.2) is 82.6 Å². The van der Waals surface area contributed by atoms with Gasteiger partial charge < -0.3 is 19.7 Å². The van der Waals surface area contributed by atoms with E-state index in [4.69, 9.17) is 37.7 Å². The Bertz CT molecular complexity index is 1550. The predicted molar refractivity (Wildman–Crippen MR) is 182 cm³/mol. The van der Waals surface area contributed by atoms with Crippen LogP contribution in [0.25, 0.3) is 33.6 Å². The van der Waals surface area contributed by atoms with Gasteiger partial charge in [-0.05, 0) is 43.9 Å². The van der Waals surface area contributed by atoms with Crippen LogP contribution in [0.5, 0.6) is 11.6 Å². The van der Waals surface area contributed by atoms with Gasteiger partial charge in [-0.1, -0.05) is 59.6 Å². The van der Waals surface area contributed by atoms with Gasteiger partial charge in [0, 0.05) is 78.8 Å². The zero-order valence-electron chi connectivity index (χ0n) is 26.3. The van der Waals surface area contributed by atoms with Gasteiger partial charge in [-0.25, -0.2) is 4.98 Å². The van der Waals surface area contributed by atoms with Gasteiger partial charge >= 0.3 is 0 Å². The van der Waals surface area contributed by atoms with Crippen molar-refractivity contribution in [1.29, 1.82) is 0 Å². The van der Waals surface area contributed by atoms with E-state index >= 15 is 0 Å². The predicted octanol–water partition coefficient (Wildman–Crippen LogP) is 6.72. The first-order chi connectivity index (χ1) is 22.3. The van der Waals surface area contributed by atoms with Gasteiger partial charge in [0.2, 0.25) is 5.88 Å². The summed E-state index contributed by atoms with van der Waals surface area (Å²) < 4.78 is 11.5. The lowest BCUT2D eigenvalue weighted by molar-refractivity contribution is 0.0786. The van der Waals surface area contributed by atoms with Crippen molar-refractivity contribution in [2.75, 3.05) is 40.4 Å². The molecule has 0 saturated carbocycles. The second kappa shape index (κ2) is 14.7. The molecular weight excluding hydrogens is 623 g/mol. The minimum absolute atomic E-state index is 0.207. The summed E-state index contributed by atoms with van der Waals surface area (Å²) in [5.41, 5.74) is 6.58. The fourth-order valence-corrected chi connectivity index (χ4v) is 7.01. The zero-order chi connectivity index (χ0) is 32.2. The van der Waals surface area contributed by atoms with Crippen molar-refractivity contribution in [2.45, 2.75) is 51.0 Å². The summed E-state index contributed by atoms with van der Waals surface area (Å²) in [5, 5.41) is 20.8. The summed E-state index contributed by atoms with van der Waals surface area (Å²) in [5.74, 6) is 1.33. The van der Waals surface area contributed by atoms with Crippen molar-refractivity contribution >= 4 is 23.2 Å². The molecule has 0 aliphatic carbocycles. The van der Waals surface area contributed by atoms with E-state index in [9.17, 15) is 10.2 Å². The number of hydrogen-bond donors (Lipinski definition) is 2. The maximum atomic E-state index is 9.87. The van der Waals surface area contributed by atoms with Crippen LogP contribution in [0, 0.1) is 0 Å². The average Bonchev–Trinajstić information content (AvgIpc) is 3.07. The number of likely N-dealkylation sites (tertiary alicyclic amines) is 2. The van der Waals surface area contributed by atoms with E-state index in [-0.39, 0.29) is 12.2 Å². The van der Waals surface area contributed by atoms with Crippen LogP contribution < -0.4 is 9.47 Å². The van der Waals surface area contributed by atoms with Crippen LogP contribution >= 0.6 is 23.2 Å². The molecule has 2 N–H and O–H groups in total. The molecule has 0 spiro atoms. The molecule has 2 saturated heterocycles. The van der Waals surface area contributed by atoms with E-state index in [2.05, 4.69) is 20.9 Å². The Labute approximate surface area is 280 Å². The number of methoxy groups -OCH3 is 2. The lowest BCUT2D eigenvalue weighted by Crippen LogP contribution is -2.35. The zero-order valence-corrected chi connectivity index (χ0v) is 27.8. The summed E-state index contributed by atoms with van der Waals surface area (Å²) in [6.45, 7) is 4.87. The lowest BCUT2D eigenvalue weighted by Gasteiger charge is -2.29. The second-order valence-electron chi connectivity index (χ2n) is 12.1. The largest absolute Gasteiger partial charge is 0.496 e. The number of hydrogen-bond acceptors (Lipinski definition) is 8. The van der Waals surface area contributed by atoms with E-state index < -0.39 is 0 Å². The van der Waals surface area contributed by atoms with Crippen molar-refractivity contribution in [3.05, 3.63) is 82.0 Å². The lowest BCUT2D eigenvalue weighted by atomic mass is 9.99. The van der Waals surface area contributed by atoms with Crippen molar-refractivity contribution in [1.82, 2.24) is 19.8 Å². The molecule has 0 atom stereocenters. The van der Waals surface area contributed by atoms with Gasteiger partial charge in [-0.2, -0.15) is 0 Å². The smallest absolute Gasteiger partial charge is 0.218 e. The standard InChI is InChI=1S/C36H40Cl2N4O4/c1-45-32-20-23(6-7-24(32)21-41-16-11-26(43)12-17-41)35-34(38)29(10-15-39-35)28-4-3-5-30(33(28)37)31-9-8-25(36(40-31)46-2)22-42-18-13-27(44)14-19-42/h3-10,15,20,26-27,43-44H,11-14,16-19,21-22H2,1-2H3. The summed E-state index contributed by atoms with van der Waals surface area (Å²) in [6, 6.07) is 17.8. The molecule has 242 valence electrons. The number of piperidine rings is 2. The third-order valence-corrected chi connectivity index (χ3v) is 9.84. The van der Waals surface area contributed by atoms with E-state index in [1.54, 1.807) is 20.4 Å². The first kappa shape index (κ1) is 32.7. The maximum Gasteiger partial charge on any atom is 0.218 e. The van der Waals surface area contributed by atoms with E-state index in [0.29, 0.717) is 33.9 Å².